The Balaban J connectivity index is 1.41. The fraction of sp³-hybridized carbons (Fsp3) is 0.194. The molecule has 0 bridgehead atoms. The van der Waals surface area contributed by atoms with E-state index in [2.05, 4.69) is 10.5 Å². The lowest BCUT2D eigenvalue weighted by Crippen LogP contribution is -2.41. The van der Waals surface area contributed by atoms with Crippen LogP contribution in [-0.4, -0.2) is 28.2 Å². The van der Waals surface area contributed by atoms with Crippen LogP contribution in [0.3, 0.4) is 0 Å². The van der Waals surface area contributed by atoms with Crippen LogP contribution in [0, 0.1) is 0 Å². The van der Waals surface area contributed by atoms with Crippen LogP contribution in [0.5, 0.6) is 5.75 Å². The third-order valence-corrected chi connectivity index (χ3v) is 6.76. The van der Waals surface area contributed by atoms with Crippen LogP contribution < -0.4 is 10.1 Å². The summed E-state index contributed by atoms with van der Waals surface area (Å²) < 4.78 is 11.7. The number of rotatable bonds is 11. The molecule has 206 valence electrons. The van der Waals surface area contributed by atoms with Crippen molar-refractivity contribution in [1.29, 1.82) is 0 Å². The number of benzene rings is 3. The molecule has 3 aromatic carbocycles. The summed E-state index contributed by atoms with van der Waals surface area (Å²) in [5.74, 6) is -0.247. The average Bonchev–Trinajstić information content (AvgIpc) is 3.35. The highest BCUT2D eigenvalue weighted by atomic mass is 35.5. The van der Waals surface area contributed by atoms with Crippen molar-refractivity contribution in [2.24, 2.45) is 0 Å². The molecule has 0 fully saturated rings. The maximum Gasteiger partial charge on any atom is 0.326 e. The summed E-state index contributed by atoms with van der Waals surface area (Å²) in [4.78, 5) is 24.0. The molecule has 0 unspecified atom stereocenters. The molecule has 0 radical (unpaired) electrons. The normalized spacial score (nSPS) is 12.0. The minimum Gasteiger partial charge on any atom is -0.489 e. The van der Waals surface area contributed by atoms with E-state index < -0.39 is 17.9 Å². The van der Waals surface area contributed by atoms with Crippen LogP contribution in [-0.2, 0) is 22.6 Å². The molecule has 0 aliphatic rings. The molecule has 0 aliphatic heterocycles. The number of hydrogen-bond donors (Lipinski definition) is 2. The maximum atomic E-state index is 12.4. The van der Waals surface area contributed by atoms with Crippen LogP contribution >= 0.6 is 23.2 Å². The van der Waals surface area contributed by atoms with Crippen molar-refractivity contribution in [1.82, 2.24) is 10.5 Å². The molecule has 9 heteroatoms. The Hall–Kier alpha value is -4.07. The van der Waals surface area contributed by atoms with E-state index in [4.69, 9.17) is 32.5 Å². The molecule has 4 rings (SSSR count). The van der Waals surface area contributed by atoms with Crippen LogP contribution in [0.25, 0.3) is 17.3 Å². The first-order valence-corrected chi connectivity index (χ1v) is 13.4. The van der Waals surface area contributed by atoms with E-state index in [1.165, 1.54) is 6.08 Å². The third kappa shape index (κ3) is 7.31. The van der Waals surface area contributed by atoms with Gasteiger partial charge in [-0.05, 0) is 41.5 Å². The first kappa shape index (κ1) is 28.9. The van der Waals surface area contributed by atoms with Crippen molar-refractivity contribution >= 4 is 41.2 Å². The largest absolute Gasteiger partial charge is 0.489 e. The number of carboxylic acid groups (broad SMARTS) is 1. The fourth-order valence-electron chi connectivity index (χ4n) is 4.11. The van der Waals surface area contributed by atoms with E-state index in [1.54, 1.807) is 48.5 Å². The zero-order chi connectivity index (χ0) is 28.6. The predicted octanol–water partition coefficient (Wildman–Crippen LogP) is 7.18. The number of hydrogen-bond acceptors (Lipinski definition) is 5. The smallest absolute Gasteiger partial charge is 0.326 e. The number of carbonyl (C=O) groups is 2. The molecule has 0 saturated heterocycles. The maximum absolute atomic E-state index is 12.4. The Morgan fingerprint density at radius 1 is 1.00 bits per heavy atom. The lowest BCUT2D eigenvalue weighted by molar-refractivity contribution is -0.141. The lowest BCUT2D eigenvalue weighted by atomic mass is 10.0. The van der Waals surface area contributed by atoms with Gasteiger partial charge in [-0.25, -0.2) is 4.79 Å². The highest BCUT2D eigenvalue weighted by Gasteiger charge is 2.24. The van der Waals surface area contributed by atoms with Gasteiger partial charge in [0.05, 0.1) is 15.6 Å². The van der Waals surface area contributed by atoms with Gasteiger partial charge in [0.1, 0.15) is 29.9 Å². The van der Waals surface area contributed by atoms with E-state index in [0.29, 0.717) is 32.8 Å². The molecule has 40 heavy (non-hydrogen) atoms. The first-order chi connectivity index (χ1) is 19.2. The second-order valence-corrected chi connectivity index (χ2v) is 10.2. The van der Waals surface area contributed by atoms with Gasteiger partial charge >= 0.3 is 5.97 Å². The molecule has 1 atom stereocenters. The van der Waals surface area contributed by atoms with Crippen molar-refractivity contribution in [2.45, 2.75) is 38.8 Å². The minimum absolute atomic E-state index is 0.0631. The summed E-state index contributed by atoms with van der Waals surface area (Å²) in [5.41, 5.74) is 3.45. The van der Waals surface area contributed by atoms with Crippen LogP contribution in [0.15, 0.2) is 83.4 Å². The number of aliphatic carboxylic acids is 1. The Labute approximate surface area is 242 Å². The summed E-state index contributed by atoms with van der Waals surface area (Å²) in [6.07, 6.45) is 3.11. The van der Waals surface area contributed by atoms with Gasteiger partial charge in [-0.3, -0.25) is 4.79 Å². The lowest BCUT2D eigenvalue weighted by Gasteiger charge is -2.13. The number of aromatic nitrogens is 1. The van der Waals surface area contributed by atoms with Gasteiger partial charge in [-0.15, -0.1) is 0 Å². The molecule has 1 amide bonds. The Morgan fingerprint density at radius 2 is 1.68 bits per heavy atom. The standard InChI is InChI=1S/C31H28Cl2N2O5/c1-19(2)30-23(29(35-40-30)28-24(32)9-6-10-25(28)33)18-39-22-14-11-20(12-15-22)13-16-27(36)34-26(31(37)38)17-21-7-4-3-5-8-21/h3-16,19,26H,17-18H2,1-2H3,(H,34,36)(H,37,38)/t26-/m0/s1. The molecule has 0 spiro atoms. The zero-order valence-electron chi connectivity index (χ0n) is 21.9. The Morgan fingerprint density at radius 3 is 2.30 bits per heavy atom. The number of carbonyl (C=O) groups excluding carboxylic acids is 1. The molecular formula is C31H28Cl2N2O5. The summed E-state index contributed by atoms with van der Waals surface area (Å²) >= 11 is 12.8. The molecule has 2 N–H and O–H groups in total. The summed E-state index contributed by atoms with van der Waals surface area (Å²) in [5, 5.41) is 17.2. The monoisotopic (exact) mass is 578 g/mol. The van der Waals surface area contributed by atoms with Crippen molar-refractivity contribution < 1.29 is 24.0 Å². The fourth-order valence-corrected chi connectivity index (χ4v) is 4.68. The number of amides is 1. The summed E-state index contributed by atoms with van der Waals surface area (Å²) in [6.45, 7) is 4.18. The van der Waals surface area contributed by atoms with Crippen molar-refractivity contribution in [3.8, 4) is 17.0 Å². The van der Waals surface area contributed by atoms with Gasteiger partial charge in [0.15, 0.2) is 0 Å². The SMILES string of the molecule is CC(C)c1onc(-c2c(Cl)cccc2Cl)c1COc1ccc(C=CC(=O)N[C@@H](Cc2ccccc2)C(=O)O)cc1. The van der Waals surface area contributed by atoms with Gasteiger partial charge in [-0.1, -0.05) is 90.7 Å². The van der Waals surface area contributed by atoms with E-state index in [9.17, 15) is 14.7 Å². The minimum atomic E-state index is -1.10. The van der Waals surface area contributed by atoms with Crippen molar-refractivity contribution in [2.75, 3.05) is 0 Å². The molecular weight excluding hydrogens is 551 g/mol. The van der Waals surface area contributed by atoms with Gasteiger partial charge in [-0.2, -0.15) is 0 Å². The Kier molecular flexibility index (Phi) is 9.64. The highest BCUT2D eigenvalue weighted by molar-refractivity contribution is 6.39. The summed E-state index contributed by atoms with van der Waals surface area (Å²) in [6, 6.07) is 20.5. The number of carboxylic acids is 1. The van der Waals surface area contributed by atoms with Gasteiger partial charge < -0.3 is 19.7 Å². The first-order valence-electron chi connectivity index (χ1n) is 12.6. The molecule has 7 nitrogen and oxygen atoms in total. The predicted molar refractivity (Wildman–Crippen MR) is 156 cm³/mol. The number of nitrogens with one attached hydrogen (secondary N) is 1. The second kappa shape index (κ2) is 13.3. The quantitative estimate of drug-likeness (QED) is 0.183. The van der Waals surface area contributed by atoms with Crippen LogP contribution in [0.1, 0.15) is 42.2 Å². The van der Waals surface area contributed by atoms with E-state index in [0.717, 1.165) is 16.7 Å². The average molecular weight is 579 g/mol. The molecule has 0 aliphatic carbocycles. The number of halogens is 2. The molecule has 4 aromatic rings. The summed E-state index contributed by atoms with van der Waals surface area (Å²) in [7, 11) is 0. The van der Waals surface area contributed by atoms with E-state index in [1.807, 2.05) is 44.2 Å². The Bertz CT molecular complexity index is 1480. The van der Waals surface area contributed by atoms with E-state index in [-0.39, 0.29) is 18.9 Å². The van der Waals surface area contributed by atoms with Crippen molar-refractivity contribution in [3.05, 3.63) is 111 Å². The number of nitrogens with zero attached hydrogens (tertiary/aromatic N) is 1. The highest BCUT2D eigenvalue weighted by Crippen LogP contribution is 2.38. The van der Waals surface area contributed by atoms with Gasteiger partial charge in [0.25, 0.3) is 0 Å². The topological polar surface area (TPSA) is 102 Å². The van der Waals surface area contributed by atoms with Crippen LogP contribution in [0.4, 0.5) is 0 Å². The van der Waals surface area contributed by atoms with Gasteiger partial charge in [0.2, 0.25) is 5.91 Å². The van der Waals surface area contributed by atoms with Crippen molar-refractivity contribution in [3.63, 3.8) is 0 Å². The molecule has 0 saturated carbocycles. The molecule has 1 aromatic heterocycles. The number of ether oxygens (including phenoxy) is 1. The van der Waals surface area contributed by atoms with Gasteiger partial charge in [0, 0.05) is 24.0 Å². The third-order valence-electron chi connectivity index (χ3n) is 6.13. The molecule has 1 heterocycles. The van der Waals surface area contributed by atoms with Crippen LogP contribution in [0.2, 0.25) is 10.0 Å². The zero-order valence-corrected chi connectivity index (χ0v) is 23.4. The van der Waals surface area contributed by atoms with E-state index >= 15 is 0 Å². The second-order valence-electron chi connectivity index (χ2n) is 9.41.